The number of carbonyl (C=O) groups is 1. The second-order valence-corrected chi connectivity index (χ2v) is 8.56. The van der Waals surface area contributed by atoms with Crippen LogP contribution in [0.3, 0.4) is 0 Å². The smallest absolute Gasteiger partial charge is 0.213 e. The molecule has 0 saturated heterocycles. The van der Waals surface area contributed by atoms with Gasteiger partial charge in [-0.15, -0.1) is 12.4 Å². The molecular formula is C27H27ClN6O2. The third-order valence-electron chi connectivity index (χ3n) is 5.80. The quantitative estimate of drug-likeness (QED) is 0.273. The number of hydrogen-bond acceptors (Lipinski definition) is 7. The van der Waals surface area contributed by atoms with Crippen molar-refractivity contribution in [1.82, 2.24) is 24.8 Å². The highest BCUT2D eigenvalue weighted by atomic mass is 35.5. The van der Waals surface area contributed by atoms with Gasteiger partial charge in [0.2, 0.25) is 5.88 Å². The Hall–Kier alpha value is -4.01. The van der Waals surface area contributed by atoms with E-state index in [0.717, 1.165) is 62.8 Å². The predicted molar refractivity (Wildman–Crippen MR) is 145 cm³/mol. The molecule has 0 spiro atoms. The summed E-state index contributed by atoms with van der Waals surface area (Å²) in [4.78, 5) is 29.9. The highest BCUT2D eigenvalue weighted by molar-refractivity contribution is 5.98. The van der Waals surface area contributed by atoms with Crippen LogP contribution in [0, 0.1) is 0 Å². The molecule has 0 radical (unpaired) electrons. The molecule has 0 amide bonds. The fraction of sp³-hybridized carbons (Fsp3) is 0.185. The Balaban J connectivity index is 0.00000304. The minimum Gasteiger partial charge on any atom is -0.476 e. The molecule has 0 atom stereocenters. The Morgan fingerprint density at radius 1 is 0.972 bits per heavy atom. The van der Waals surface area contributed by atoms with Crippen LogP contribution in [0.25, 0.3) is 33.1 Å². The number of hydrogen-bond donors (Lipinski definition) is 2. The number of aromatic amines is 1. The van der Waals surface area contributed by atoms with E-state index in [2.05, 4.69) is 54.4 Å². The fourth-order valence-corrected chi connectivity index (χ4v) is 3.94. The molecular weight excluding hydrogens is 476 g/mol. The monoisotopic (exact) mass is 502 g/mol. The molecule has 8 nitrogen and oxygen atoms in total. The van der Waals surface area contributed by atoms with Crippen LogP contribution >= 0.6 is 12.4 Å². The normalized spacial score (nSPS) is 11.0. The summed E-state index contributed by atoms with van der Waals surface area (Å²) in [6, 6.07) is 16.0. The van der Waals surface area contributed by atoms with Crippen LogP contribution in [0.4, 0.5) is 11.4 Å². The second kappa shape index (κ2) is 11.2. The number of benzene rings is 2. The van der Waals surface area contributed by atoms with Gasteiger partial charge >= 0.3 is 0 Å². The van der Waals surface area contributed by atoms with E-state index in [-0.39, 0.29) is 18.8 Å². The van der Waals surface area contributed by atoms with Gasteiger partial charge in [0.25, 0.3) is 0 Å². The van der Waals surface area contributed by atoms with Crippen molar-refractivity contribution in [3.8, 4) is 17.0 Å². The number of aromatic nitrogens is 4. The van der Waals surface area contributed by atoms with Gasteiger partial charge in [0.15, 0.2) is 0 Å². The maximum Gasteiger partial charge on any atom is 0.213 e. The molecule has 0 fully saturated rings. The molecule has 0 saturated carbocycles. The number of H-pyrrole nitrogens is 1. The number of aldehydes is 1. The minimum atomic E-state index is 0. The molecule has 3 heterocycles. The highest BCUT2D eigenvalue weighted by Crippen LogP contribution is 2.33. The van der Waals surface area contributed by atoms with Crippen molar-refractivity contribution in [2.75, 3.05) is 32.6 Å². The van der Waals surface area contributed by atoms with Crippen molar-refractivity contribution in [3.63, 3.8) is 0 Å². The number of anilines is 2. The summed E-state index contributed by atoms with van der Waals surface area (Å²) in [5.74, 6) is 0.571. The lowest BCUT2D eigenvalue weighted by Gasteiger charge is -2.15. The van der Waals surface area contributed by atoms with Crippen molar-refractivity contribution in [2.24, 2.45) is 0 Å². The molecule has 0 unspecified atom stereocenters. The molecule has 0 bridgehead atoms. The van der Waals surface area contributed by atoms with Gasteiger partial charge in [-0.25, -0.2) is 9.97 Å². The summed E-state index contributed by atoms with van der Waals surface area (Å²) in [7, 11) is 4.00. The van der Waals surface area contributed by atoms with Gasteiger partial charge in [0, 0.05) is 36.2 Å². The van der Waals surface area contributed by atoms with Crippen molar-refractivity contribution in [2.45, 2.75) is 6.42 Å². The molecule has 0 aliphatic rings. The zero-order chi connectivity index (χ0) is 24.2. The number of nitrogens with zero attached hydrogens (tertiary/aromatic N) is 4. The predicted octanol–water partition coefficient (Wildman–Crippen LogP) is 5.02. The summed E-state index contributed by atoms with van der Waals surface area (Å²) in [5, 5.41) is 4.39. The van der Waals surface area contributed by atoms with E-state index < -0.39 is 0 Å². The van der Waals surface area contributed by atoms with Crippen molar-refractivity contribution < 1.29 is 9.53 Å². The van der Waals surface area contributed by atoms with E-state index in [1.807, 2.05) is 38.4 Å². The molecule has 5 rings (SSSR count). The van der Waals surface area contributed by atoms with Crippen LogP contribution in [-0.2, 0) is 11.2 Å². The number of pyridine rings is 2. The average molecular weight is 503 g/mol. The van der Waals surface area contributed by atoms with Gasteiger partial charge < -0.3 is 24.7 Å². The minimum absolute atomic E-state index is 0. The van der Waals surface area contributed by atoms with Gasteiger partial charge in [-0.05, 0) is 55.6 Å². The topological polar surface area (TPSA) is 96.0 Å². The summed E-state index contributed by atoms with van der Waals surface area (Å²) in [6.07, 6.45) is 6.33. The van der Waals surface area contributed by atoms with E-state index in [9.17, 15) is 4.79 Å². The number of imidazole rings is 1. The zero-order valence-electron chi connectivity index (χ0n) is 20.1. The summed E-state index contributed by atoms with van der Waals surface area (Å²) >= 11 is 0. The SMILES string of the molecule is CN(C)CCOc1ccc(Nc2c(CC=O)cnc3ccc(-c4ccc5nc[nH]c5c4)cc23)cn1.Cl. The van der Waals surface area contributed by atoms with Crippen molar-refractivity contribution in [3.05, 3.63) is 72.8 Å². The highest BCUT2D eigenvalue weighted by Gasteiger charge is 2.12. The molecule has 3 aromatic heterocycles. The van der Waals surface area contributed by atoms with Crippen LogP contribution in [0.2, 0.25) is 0 Å². The van der Waals surface area contributed by atoms with Crippen LogP contribution in [0.15, 0.2) is 67.3 Å². The number of rotatable bonds is 9. The third kappa shape index (κ3) is 5.45. The van der Waals surface area contributed by atoms with Gasteiger partial charge in [-0.3, -0.25) is 4.98 Å². The van der Waals surface area contributed by atoms with Crippen LogP contribution < -0.4 is 10.1 Å². The summed E-state index contributed by atoms with van der Waals surface area (Å²) < 4.78 is 5.70. The summed E-state index contributed by atoms with van der Waals surface area (Å²) in [5.41, 5.74) is 7.32. The molecule has 0 aliphatic heterocycles. The summed E-state index contributed by atoms with van der Waals surface area (Å²) in [6.45, 7) is 1.38. The Bertz CT molecular complexity index is 1480. The van der Waals surface area contributed by atoms with E-state index in [0.29, 0.717) is 12.5 Å². The number of fused-ring (bicyclic) bond motifs is 2. The Labute approximate surface area is 215 Å². The van der Waals surface area contributed by atoms with E-state index in [4.69, 9.17) is 4.74 Å². The van der Waals surface area contributed by atoms with E-state index in [1.54, 1.807) is 18.7 Å². The van der Waals surface area contributed by atoms with Gasteiger partial charge in [0.05, 0.1) is 40.4 Å². The molecule has 2 aromatic carbocycles. The number of nitrogens with one attached hydrogen (secondary N) is 2. The molecule has 0 aliphatic carbocycles. The Morgan fingerprint density at radius 2 is 1.78 bits per heavy atom. The van der Waals surface area contributed by atoms with Crippen molar-refractivity contribution in [1.29, 1.82) is 0 Å². The lowest BCUT2D eigenvalue weighted by Crippen LogP contribution is -2.19. The van der Waals surface area contributed by atoms with Crippen LogP contribution in [0.5, 0.6) is 5.88 Å². The molecule has 9 heteroatoms. The first kappa shape index (κ1) is 25.1. The van der Waals surface area contributed by atoms with Gasteiger partial charge in [-0.2, -0.15) is 0 Å². The van der Waals surface area contributed by atoms with Crippen LogP contribution in [0.1, 0.15) is 5.56 Å². The Morgan fingerprint density at radius 3 is 2.53 bits per heavy atom. The number of ether oxygens (including phenoxy) is 1. The second-order valence-electron chi connectivity index (χ2n) is 8.56. The van der Waals surface area contributed by atoms with E-state index >= 15 is 0 Å². The number of likely N-dealkylation sites (N-methyl/N-ethyl adjacent to an activating group) is 1. The maximum absolute atomic E-state index is 11.4. The van der Waals surface area contributed by atoms with E-state index in [1.165, 1.54) is 0 Å². The molecule has 36 heavy (non-hydrogen) atoms. The molecule has 2 N–H and O–H groups in total. The third-order valence-corrected chi connectivity index (χ3v) is 5.80. The number of halogens is 1. The Kier molecular flexibility index (Phi) is 7.77. The van der Waals surface area contributed by atoms with Crippen molar-refractivity contribution >= 4 is 52.0 Å². The van der Waals surface area contributed by atoms with Gasteiger partial charge in [-0.1, -0.05) is 12.1 Å². The lowest BCUT2D eigenvalue weighted by atomic mass is 10.00. The molecule has 5 aromatic rings. The maximum atomic E-state index is 11.4. The lowest BCUT2D eigenvalue weighted by molar-refractivity contribution is -0.107. The number of carbonyl (C=O) groups excluding carboxylic acids is 1. The zero-order valence-corrected chi connectivity index (χ0v) is 20.9. The van der Waals surface area contributed by atoms with Gasteiger partial charge in [0.1, 0.15) is 12.9 Å². The first-order chi connectivity index (χ1) is 17.1. The largest absolute Gasteiger partial charge is 0.476 e. The first-order valence-corrected chi connectivity index (χ1v) is 11.4. The molecule has 184 valence electrons. The average Bonchev–Trinajstić information content (AvgIpc) is 3.34. The fourth-order valence-electron chi connectivity index (χ4n) is 3.94. The first-order valence-electron chi connectivity index (χ1n) is 11.4. The standard InChI is InChI=1S/C27H26N6O2.ClH/c1-33(2)10-12-35-26-8-5-21(16-29-26)32-27-20(9-11-34)15-28-23-6-3-18(13-22(23)27)19-4-7-24-25(14-19)31-17-30-24;/h3-8,11,13-17H,9-10,12H2,1-2H3,(H,28,32)(H,30,31);1H. The van der Waals surface area contributed by atoms with Crippen LogP contribution in [-0.4, -0.2) is 58.4 Å².